The number of urea groups is 1. The highest BCUT2D eigenvalue weighted by Crippen LogP contribution is 2.31. The molecule has 1 fully saturated rings. The van der Waals surface area contributed by atoms with E-state index in [9.17, 15) is 9.59 Å². The van der Waals surface area contributed by atoms with E-state index in [0.29, 0.717) is 16.8 Å². The minimum atomic E-state index is -0.957. The molecule has 2 aliphatic rings. The lowest BCUT2D eigenvalue weighted by atomic mass is 10.3. The van der Waals surface area contributed by atoms with Crippen LogP contribution in [-0.2, 0) is 17.6 Å². The molecule has 1 aromatic heterocycles. The number of thiazole rings is 1. The molecule has 0 saturated carbocycles. The number of nitrogens with one attached hydrogen (secondary N) is 1. The second-order valence-corrected chi connectivity index (χ2v) is 6.58. The summed E-state index contributed by atoms with van der Waals surface area (Å²) < 4.78 is 0. The van der Waals surface area contributed by atoms with Crippen molar-refractivity contribution in [1.29, 1.82) is 0 Å². The number of hydrogen-bond donors (Lipinski definition) is 2. The van der Waals surface area contributed by atoms with Gasteiger partial charge in [0.05, 0.1) is 11.6 Å². The fraction of sp³-hybridized carbons (Fsp3) is 0.545. The van der Waals surface area contributed by atoms with Crippen molar-refractivity contribution in [2.45, 2.75) is 25.3 Å². The first-order valence-corrected chi connectivity index (χ1v) is 7.99. The third-order valence-corrected chi connectivity index (χ3v) is 5.32. The number of anilines is 1. The minimum Gasteiger partial charge on any atom is -0.480 e. The van der Waals surface area contributed by atoms with Crippen LogP contribution in [0.1, 0.15) is 17.0 Å². The highest BCUT2D eigenvalue weighted by Gasteiger charge is 2.35. The molecule has 8 heteroatoms. The van der Waals surface area contributed by atoms with Crippen LogP contribution in [0.3, 0.4) is 0 Å². The van der Waals surface area contributed by atoms with E-state index >= 15 is 0 Å². The number of carboxylic acid groups (broad SMARTS) is 1. The first-order chi connectivity index (χ1) is 9.15. The summed E-state index contributed by atoms with van der Waals surface area (Å²) in [5.41, 5.74) is 1.07. The Kier molecular flexibility index (Phi) is 3.36. The van der Waals surface area contributed by atoms with Gasteiger partial charge in [0, 0.05) is 10.6 Å². The van der Waals surface area contributed by atoms with Crippen molar-refractivity contribution in [3.05, 3.63) is 10.6 Å². The summed E-state index contributed by atoms with van der Waals surface area (Å²) >= 11 is 2.94. The van der Waals surface area contributed by atoms with Crippen molar-refractivity contribution in [2.75, 3.05) is 16.9 Å². The summed E-state index contributed by atoms with van der Waals surface area (Å²) in [6.45, 7) is 0. The molecule has 3 rings (SSSR count). The average Bonchev–Trinajstić information content (AvgIpc) is 3.01. The molecule has 1 aromatic rings. The molecule has 1 aliphatic heterocycles. The molecule has 102 valence electrons. The molecule has 0 spiro atoms. The van der Waals surface area contributed by atoms with Gasteiger partial charge in [-0.3, -0.25) is 5.32 Å². The Morgan fingerprint density at radius 1 is 1.42 bits per heavy atom. The lowest BCUT2D eigenvalue weighted by Crippen LogP contribution is -2.43. The molecule has 2 heterocycles. The molecular weight excluding hydrogens is 286 g/mol. The second kappa shape index (κ2) is 5.01. The van der Waals surface area contributed by atoms with E-state index in [2.05, 4.69) is 10.3 Å². The van der Waals surface area contributed by atoms with Gasteiger partial charge in [-0.1, -0.05) is 0 Å². The lowest BCUT2D eigenvalue weighted by molar-refractivity contribution is -0.140. The second-order valence-electron chi connectivity index (χ2n) is 4.50. The number of aliphatic carboxylic acids is 1. The number of aryl methyl sites for hydroxylation is 2. The smallest absolute Gasteiger partial charge is 0.327 e. The topological polar surface area (TPSA) is 82.5 Å². The van der Waals surface area contributed by atoms with Crippen LogP contribution in [0, 0.1) is 0 Å². The predicted molar refractivity (Wildman–Crippen MR) is 73.7 cm³/mol. The van der Waals surface area contributed by atoms with E-state index in [0.717, 1.165) is 25.0 Å². The number of amides is 2. The predicted octanol–water partition coefficient (Wildman–Crippen LogP) is 1.62. The van der Waals surface area contributed by atoms with Gasteiger partial charge in [0.25, 0.3) is 0 Å². The highest BCUT2D eigenvalue weighted by molar-refractivity contribution is 7.99. The zero-order chi connectivity index (χ0) is 13.4. The van der Waals surface area contributed by atoms with Crippen molar-refractivity contribution in [3.63, 3.8) is 0 Å². The van der Waals surface area contributed by atoms with Gasteiger partial charge < -0.3 is 10.0 Å². The minimum absolute atomic E-state index is 0.371. The van der Waals surface area contributed by atoms with Crippen LogP contribution >= 0.6 is 23.1 Å². The molecule has 0 unspecified atom stereocenters. The molecule has 0 aromatic carbocycles. The van der Waals surface area contributed by atoms with Crippen LogP contribution in [0.25, 0.3) is 0 Å². The van der Waals surface area contributed by atoms with Crippen LogP contribution in [-0.4, -0.2) is 44.7 Å². The Balaban J connectivity index is 1.68. The van der Waals surface area contributed by atoms with E-state index in [1.807, 2.05) is 0 Å². The quantitative estimate of drug-likeness (QED) is 0.867. The monoisotopic (exact) mass is 299 g/mol. The molecule has 2 amide bonds. The van der Waals surface area contributed by atoms with Crippen LogP contribution in [0.5, 0.6) is 0 Å². The Hall–Kier alpha value is -1.28. The Labute approximate surface area is 118 Å². The fourth-order valence-electron chi connectivity index (χ4n) is 2.25. The van der Waals surface area contributed by atoms with Gasteiger partial charge in [0.15, 0.2) is 5.13 Å². The van der Waals surface area contributed by atoms with Crippen molar-refractivity contribution in [3.8, 4) is 0 Å². The summed E-state index contributed by atoms with van der Waals surface area (Å²) in [5, 5.41) is 12.3. The van der Waals surface area contributed by atoms with Gasteiger partial charge >= 0.3 is 12.0 Å². The van der Waals surface area contributed by atoms with Gasteiger partial charge in [0.1, 0.15) is 6.04 Å². The normalized spacial score (nSPS) is 21.5. The SMILES string of the molecule is O=C(O)[C@@H]1CSCN1C(=O)Nc1nc2c(s1)CCC2. The van der Waals surface area contributed by atoms with Crippen molar-refractivity contribution >= 4 is 40.2 Å². The van der Waals surface area contributed by atoms with Crippen LogP contribution in [0.2, 0.25) is 0 Å². The average molecular weight is 299 g/mol. The Morgan fingerprint density at radius 3 is 3.00 bits per heavy atom. The first-order valence-electron chi connectivity index (χ1n) is 6.02. The summed E-state index contributed by atoms with van der Waals surface area (Å²) in [7, 11) is 0. The zero-order valence-corrected chi connectivity index (χ0v) is 11.7. The molecule has 19 heavy (non-hydrogen) atoms. The number of rotatable bonds is 2. The number of aromatic nitrogens is 1. The molecule has 0 radical (unpaired) electrons. The number of hydrogen-bond acceptors (Lipinski definition) is 5. The number of carboxylic acids is 1. The van der Waals surface area contributed by atoms with E-state index < -0.39 is 12.0 Å². The van der Waals surface area contributed by atoms with E-state index in [1.54, 1.807) is 0 Å². The molecule has 1 aliphatic carbocycles. The molecule has 6 nitrogen and oxygen atoms in total. The van der Waals surface area contributed by atoms with Gasteiger partial charge in [-0.2, -0.15) is 0 Å². The number of fused-ring (bicyclic) bond motifs is 1. The highest BCUT2D eigenvalue weighted by atomic mass is 32.2. The molecule has 0 bridgehead atoms. The standard InChI is InChI=1S/C11H13N3O3S2/c15-9(16)7-4-18-5-14(7)11(17)13-10-12-6-2-1-3-8(6)19-10/h7H,1-5H2,(H,15,16)(H,12,13,17)/t7-/m0/s1. The lowest BCUT2D eigenvalue weighted by Gasteiger charge is -2.19. The maximum Gasteiger partial charge on any atom is 0.327 e. The maximum absolute atomic E-state index is 12.1. The maximum atomic E-state index is 12.1. The van der Waals surface area contributed by atoms with Crippen LogP contribution < -0.4 is 5.32 Å². The summed E-state index contributed by atoms with van der Waals surface area (Å²) in [5.74, 6) is -0.104. The van der Waals surface area contributed by atoms with Gasteiger partial charge in [-0.25, -0.2) is 14.6 Å². The van der Waals surface area contributed by atoms with Crippen LogP contribution in [0.15, 0.2) is 0 Å². The summed E-state index contributed by atoms with van der Waals surface area (Å²) in [6, 6.07) is -1.11. The van der Waals surface area contributed by atoms with Crippen molar-refractivity contribution < 1.29 is 14.7 Å². The molecular formula is C11H13N3O3S2. The Bertz CT molecular complexity index is 510. The van der Waals surface area contributed by atoms with E-state index in [1.165, 1.54) is 32.9 Å². The van der Waals surface area contributed by atoms with Crippen LogP contribution in [0.4, 0.5) is 9.93 Å². The molecule has 1 atom stereocenters. The summed E-state index contributed by atoms with van der Waals surface area (Å²) in [4.78, 5) is 30.1. The molecule has 1 saturated heterocycles. The van der Waals surface area contributed by atoms with Gasteiger partial charge in [0.2, 0.25) is 0 Å². The van der Waals surface area contributed by atoms with E-state index in [-0.39, 0.29) is 6.03 Å². The zero-order valence-electron chi connectivity index (χ0n) is 10.1. The Morgan fingerprint density at radius 2 is 2.26 bits per heavy atom. The number of carbonyl (C=O) groups excluding carboxylic acids is 1. The summed E-state index contributed by atoms with van der Waals surface area (Å²) in [6.07, 6.45) is 3.13. The fourth-order valence-corrected chi connectivity index (χ4v) is 4.44. The third kappa shape index (κ3) is 2.42. The van der Waals surface area contributed by atoms with Gasteiger partial charge in [-0.15, -0.1) is 23.1 Å². The van der Waals surface area contributed by atoms with Crippen molar-refractivity contribution in [2.24, 2.45) is 0 Å². The number of thioether (sulfide) groups is 1. The molecule has 2 N–H and O–H groups in total. The largest absolute Gasteiger partial charge is 0.480 e. The van der Waals surface area contributed by atoms with E-state index in [4.69, 9.17) is 5.11 Å². The third-order valence-electron chi connectivity index (χ3n) is 3.24. The number of nitrogens with zero attached hydrogens (tertiary/aromatic N) is 2. The number of carbonyl (C=O) groups is 2. The van der Waals surface area contributed by atoms with Crippen molar-refractivity contribution in [1.82, 2.24) is 9.88 Å². The van der Waals surface area contributed by atoms with Gasteiger partial charge in [-0.05, 0) is 19.3 Å². The first kappa shape index (κ1) is 12.7.